The van der Waals surface area contributed by atoms with Gasteiger partial charge in [0, 0.05) is 36.1 Å². The largest absolute Gasteiger partial charge is 0.549 e. The van der Waals surface area contributed by atoms with Gasteiger partial charge in [-0.2, -0.15) is 0 Å². The fraction of sp³-hybridized carbons (Fsp3) is 0.500. The van der Waals surface area contributed by atoms with Crippen LogP contribution in [-0.4, -0.2) is 42.1 Å². The molecule has 0 unspecified atom stereocenters. The molecule has 0 saturated carbocycles. The van der Waals surface area contributed by atoms with E-state index in [4.69, 9.17) is 9.90 Å². The Morgan fingerprint density at radius 3 is 2.00 bits per heavy atom. The van der Waals surface area contributed by atoms with Crippen LogP contribution in [0.3, 0.4) is 0 Å². The molecule has 0 amide bonds. The zero-order valence-electron chi connectivity index (χ0n) is 3.60. The van der Waals surface area contributed by atoms with Gasteiger partial charge in [0.15, 0.2) is 0 Å². The fourth-order valence-corrected chi connectivity index (χ4v) is 0. The third-order valence-electron chi connectivity index (χ3n) is 0.167. The molecule has 2 N–H and O–H groups in total. The van der Waals surface area contributed by atoms with Gasteiger partial charge in [-0.3, -0.25) is 0 Å². The molecule has 0 heterocycles. The van der Waals surface area contributed by atoms with Crippen LogP contribution in [0.2, 0.25) is 0 Å². The van der Waals surface area contributed by atoms with Crippen LogP contribution in [0.5, 0.6) is 0 Å². The van der Waals surface area contributed by atoms with E-state index in [1.165, 1.54) is 0 Å². The molecular formula is C2H4NNaO2-. The Balaban J connectivity index is 0. The molecule has 0 saturated heterocycles. The van der Waals surface area contributed by atoms with Crippen molar-refractivity contribution in [1.82, 2.24) is 0 Å². The molecule has 0 fully saturated rings. The first kappa shape index (κ1) is 9.66. The van der Waals surface area contributed by atoms with E-state index in [0.29, 0.717) is 0 Å². The van der Waals surface area contributed by atoms with Gasteiger partial charge in [-0.05, 0) is 0 Å². The van der Waals surface area contributed by atoms with Crippen molar-refractivity contribution >= 4 is 35.5 Å². The smallest absolute Gasteiger partial charge is 0.0550 e. The standard InChI is InChI=1S/C2H5NO2.Na/c3-1-2(4)5;/h1,3H2,(H,4,5);/p-1. The number of carbonyl (C=O) groups excluding carboxylic acids is 1. The van der Waals surface area contributed by atoms with Gasteiger partial charge < -0.3 is 15.6 Å². The number of carbonyl (C=O) groups is 1. The minimum Gasteiger partial charge on any atom is -0.549 e. The monoisotopic (exact) mass is 97.0 g/mol. The summed E-state index contributed by atoms with van der Waals surface area (Å²) in [6, 6.07) is 0. The molecule has 0 aromatic carbocycles. The van der Waals surface area contributed by atoms with Crippen molar-refractivity contribution < 1.29 is 9.90 Å². The van der Waals surface area contributed by atoms with Crippen LogP contribution in [0, 0.1) is 0 Å². The predicted octanol–water partition coefficient (Wildman–Crippen LogP) is -2.69. The molecule has 4 heteroatoms. The molecule has 0 atom stereocenters. The van der Waals surface area contributed by atoms with Crippen molar-refractivity contribution in [3.05, 3.63) is 0 Å². The van der Waals surface area contributed by atoms with Crippen molar-refractivity contribution in [2.75, 3.05) is 6.54 Å². The molecule has 31 valence electrons. The van der Waals surface area contributed by atoms with Gasteiger partial charge in [0.05, 0.1) is 5.97 Å². The summed E-state index contributed by atoms with van der Waals surface area (Å²) < 4.78 is 0. The molecular weight excluding hydrogens is 93.0 g/mol. The van der Waals surface area contributed by atoms with Gasteiger partial charge in [-0.1, -0.05) is 0 Å². The molecule has 0 aliphatic carbocycles. The van der Waals surface area contributed by atoms with E-state index in [9.17, 15) is 0 Å². The SMILES string of the molecule is NCC(=O)[O-].[Na]. The minimum absolute atomic E-state index is 0. The number of nitrogens with two attached hydrogens (primary N) is 1. The molecule has 0 bridgehead atoms. The number of hydrogen-bond acceptors (Lipinski definition) is 3. The third kappa shape index (κ3) is 8.83. The average Bonchev–Trinajstić information content (AvgIpc) is 1.38. The van der Waals surface area contributed by atoms with Crippen LogP contribution < -0.4 is 10.8 Å². The summed E-state index contributed by atoms with van der Waals surface area (Å²) in [5, 5.41) is 9.13. The van der Waals surface area contributed by atoms with Gasteiger partial charge in [-0.25, -0.2) is 0 Å². The van der Waals surface area contributed by atoms with Crippen LogP contribution in [-0.2, 0) is 4.79 Å². The summed E-state index contributed by atoms with van der Waals surface area (Å²) in [6.45, 7) is -0.389. The van der Waals surface area contributed by atoms with Crippen molar-refractivity contribution in [2.24, 2.45) is 5.73 Å². The Kier molecular flexibility index (Phi) is 8.74. The molecule has 0 spiro atoms. The maximum atomic E-state index is 9.13. The number of carboxylic acid groups (broad SMARTS) is 1. The number of aliphatic carboxylic acids is 1. The normalized spacial score (nSPS) is 6.17. The van der Waals surface area contributed by atoms with Crippen molar-refractivity contribution in [2.45, 2.75) is 0 Å². The van der Waals surface area contributed by atoms with Crippen LogP contribution in [0.4, 0.5) is 0 Å². The Hall–Kier alpha value is 0.430. The van der Waals surface area contributed by atoms with Gasteiger partial charge >= 0.3 is 0 Å². The fourth-order valence-electron chi connectivity index (χ4n) is 0. The maximum Gasteiger partial charge on any atom is 0.0550 e. The second kappa shape index (κ2) is 5.43. The first-order valence-corrected chi connectivity index (χ1v) is 1.17. The van der Waals surface area contributed by atoms with E-state index in [1.54, 1.807) is 0 Å². The van der Waals surface area contributed by atoms with Crippen LogP contribution in [0.25, 0.3) is 0 Å². The zero-order chi connectivity index (χ0) is 4.28. The Bertz CT molecular complexity index is 46.8. The predicted molar refractivity (Wildman–Crippen MR) is 19.8 cm³/mol. The van der Waals surface area contributed by atoms with Crippen molar-refractivity contribution in [3.8, 4) is 0 Å². The number of carboxylic acids is 1. The van der Waals surface area contributed by atoms with Crippen LogP contribution in [0.15, 0.2) is 0 Å². The zero-order valence-corrected chi connectivity index (χ0v) is 5.60. The van der Waals surface area contributed by atoms with Crippen LogP contribution in [0.1, 0.15) is 0 Å². The van der Waals surface area contributed by atoms with Gasteiger partial charge in [-0.15, -0.1) is 0 Å². The molecule has 1 radical (unpaired) electrons. The van der Waals surface area contributed by atoms with E-state index in [2.05, 4.69) is 5.73 Å². The Morgan fingerprint density at radius 1 is 1.83 bits per heavy atom. The molecule has 3 nitrogen and oxygen atoms in total. The third-order valence-corrected chi connectivity index (χ3v) is 0.167. The molecule has 0 rings (SSSR count). The summed E-state index contributed by atoms with van der Waals surface area (Å²) in [4.78, 5) is 9.13. The minimum atomic E-state index is -1.22. The molecule has 0 aliphatic heterocycles. The second-order valence-corrected chi connectivity index (χ2v) is 0.576. The maximum absolute atomic E-state index is 9.13. The second-order valence-electron chi connectivity index (χ2n) is 0.576. The van der Waals surface area contributed by atoms with E-state index >= 15 is 0 Å². The number of hydrogen-bond donors (Lipinski definition) is 1. The molecule has 0 aliphatic rings. The van der Waals surface area contributed by atoms with E-state index in [0.717, 1.165) is 0 Å². The first-order chi connectivity index (χ1) is 2.27. The summed E-state index contributed by atoms with van der Waals surface area (Å²) >= 11 is 0. The molecule has 0 aromatic rings. The Labute approximate surface area is 57.8 Å². The van der Waals surface area contributed by atoms with Gasteiger partial charge in [0.1, 0.15) is 0 Å². The summed E-state index contributed by atoms with van der Waals surface area (Å²) in [5.74, 6) is -1.22. The van der Waals surface area contributed by atoms with Gasteiger partial charge in [0.25, 0.3) is 0 Å². The van der Waals surface area contributed by atoms with Gasteiger partial charge in [0.2, 0.25) is 0 Å². The number of rotatable bonds is 1. The topological polar surface area (TPSA) is 66.2 Å². The quantitative estimate of drug-likeness (QED) is 0.362. The van der Waals surface area contributed by atoms with Crippen LogP contribution >= 0.6 is 0 Å². The summed E-state index contributed by atoms with van der Waals surface area (Å²) in [5.41, 5.74) is 4.51. The van der Waals surface area contributed by atoms with Crippen molar-refractivity contribution in [1.29, 1.82) is 0 Å². The molecule has 6 heavy (non-hydrogen) atoms. The average molecular weight is 97.0 g/mol. The molecule has 0 aromatic heterocycles. The first-order valence-electron chi connectivity index (χ1n) is 1.17. The van der Waals surface area contributed by atoms with E-state index < -0.39 is 5.97 Å². The Morgan fingerprint density at radius 2 is 2.00 bits per heavy atom. The van der Waals surface area contributed by atoms with E-state index in [1.807, 2.05) is 0 Å². The summed E-state index contributed by atoms with van der Waals surface area (Å²) in [7, 11) is 0. The summed E-state index contributed by atoms with van der Waals surface area (Å²) in [6.07, 6.45) is 0. The van der Waals surface area contributed by atoms with Crippen molar-refractivity contribution in [3.63, 3.8) is 0 Å². The van der Waals surface area contributed by atoms with E-state index in [-0.39, 0.29) is 36.1 Å².